The Hall–Kier alpha value is -2.48. The summed E-state index contributed by atoms with van der Waals surface area (Å²) in [6.07, 6.45) is 8.77. The van der Waals surface area contributed by atoms with Crippen LogP contribution < -0.4 is 4.90 Å². The predicted molar refractivity (Wildman–Crippen MR) is 122 cm³/mol. The quantitative estimate of drug-likeness (QED) is 0.691. The van der Waals surface area contributed by atoms with E-state index in [1.807, 2.05) is 39.0 Å². The lowest BCUT2D eigenvalue weighted by Crippen LogP contribution is -2.43. The highest BCUT2D eigenvalue weighted by Gasteiger charge is 2.37. The molecule has 1 saturated heterocycles. The van der Waals surface area contributed by atoms with Gasteiger partial charge in [-0.05, 0) is 58.8 Å². The number of anilines is 1. The van der Waals surface area contributed by atoms with E-state index in [0.717, 1.165) is 74.0 Å². The minimum Gasteiger partial charge on any atom is -0.381 e. The number of piperidine rings is 1. The van der Waals surface area contributed by atoms with Gasteiger partial charge < -0.3 is 19.1 Å². The fourth-order valence-corrected chi connectivity index (χ4v) is 4.96. The molecule has 174 valence electrons. The fourth-order valence-electron chi connectivity index (χ4n) is 4.96. The van der Waals surface area contributed by atoms with Crippen molar-refractivity contribution < 1.29 is 14.1 Å². The first-order valence-electron chi connectivity index (χ1n) is 11.7. The summed E-state index contributed by atoms with van der Waals surface area (Å²) in [7, 11) is 5.63. The Morgan fingerprint density at radius 2 is 1.91 bits per heavy atom. The highest BCUT2D eigenvalue weighted by Crippen LogP contribution is 2.39. The van der Waals surface area contributed by atoms with Crippen molar-refractivity contribution in [2.45, 2.75) is 70.9 Å². The SMILES string of the molecule is COC1CCC(C(=O)N2CCCCC2c2nc(N(C)C)ncc2-c2onc(C)c2C)CC1. The van der Waals surface area contributed by atoms with E-state index in [2.05, 4.69) is 15.0 Å². The van der Waals surface area contributed by atoms with Gasteiger partial charge in [-0.1, -0.05) is 5.16 Å². The van der Waals surface area contributed by atoms with Gasteiger partial charge in [0.15, 0.2) is 5.76 Å². The van der Waals surface area contributed by atoms with Gasteiger partial charge >= 0.3 is 0 Å². The number of nitrogens with zero attached hydrogens (tertiary/aromatic N) is 5. The average molecular weight is 442 g/mol. The van der Waals surface area contributed by atoms with Gasteiger partial charge in [0.2, 0.25) is 11.9 Å². The summed E-state index contributed by atoms with van der Waals surface area (Å²) in [6, 6.07) is -0.0853. The van der Waals surface area contributed by atoms with Gasteiger partial charge in [-0.25, -0.2) is 9.97 Å². The van der Waals surface area contributed by atoms with Crippen LogP contribution >= 0.6 is 0 Å². The van der Waals surface area contributed by atoms with Crippen LogP contribution in [0.3, 0.4) is 0 Å². The van der Waals surface area contributed by atoms with Crippen LogP contribution in [0.4, 0.5) is 5.95 Å². The van der Waals surface area contributed by atoms with Crippen molar-refractivity contribution in [1.29, 1.82) is 0 Å². The molecule has 0 radical (unpaired) electrons. The van der Waals surface area contributed by atoms with E-state index in [1.165, 1.54) is 0 Å². The largest absolute Gasteiger partial charge is 0.381 e. The summed E-state index contributed by atoms with van der Waals surface area (Å²) in [5.74, 6) is 1.65. The Balaban J connectivity index is 1.70. The van der Waals surface area contributed by atoms with Gasteiger partial charge in [-0.3, -0.25) is 4.79 Å². The first-order valence-corrected chi connectivity index (χ1v) is 11.7. The molecule has 1 amide bonds. The van der Waals surface area contributed by atoms with Crippen LogP contribution in [-0.4, -0.2) is 59.8 Å². The molecule has 2 aromatic heterocycles. The number of aryl methyl sites for hydroxylation is 1. The van der Waals surface area contributed by atoms with E-state index in [-0.39, 0.29) is 24.0 Å². The van der Waals surface area contributed by atoms with Gasteiger partial charge in [0.1, 0.15) is 0 Å². The van der Waals surface area contributed by atoms with Crippen molar-refractivity contribution in [2.24, 2.45) is 5.92 Å². The Morgan fingerprint density at radius 1 is 1.16 bits per heavy atom. The number of ether oxygens (including phenoxy) is 1. The molecule has 0 N–H and O–H groups in total. The maximum absolute atomic E-state index is 13.7. The molecule has 32 heavy (non-hydrogen) atoms. The molecular formula is C24H35N5O3. The predicted octanol–water partition coefficient (Wildman–Crippen LogP) is 4.07. The minimum absolute atomic E-state index is 0.0647. The molecule has 0 bridgehead atoms. The summed E-state index contributed by atoms with van der Waals surface area (Å²) in [6.45, 7) is 4.70. The highest BCUT2D eigenvalue weighted by molar-refractivity contribution is 5.80. The van der Waals surface area contributed by atoms with Crippen LogP contribution in [0.15, 0.2) is 10.7 Å². The normalized spacial score (nSPS) is 23.9. The van der Waals surface area contributed by atoms with Gasteiger partial charge in [0.25, 0.3) is 0 Å². The van der Waals surface area contributed by atoms with Crippen LogP contribution in [-0.2, 0) is 9.53 Å². The lowest BCUT2D eigenvalue weighted by Gasteiger charge is -2.39. The lowest BCUT2D eigenvalue weighted by molar-refractivity contribution is -0.141. The second-order valence-electron chi connectivity index (χ2n) is 9.34. The van der Waals surface area contributed by atoms with E-state index in [9.17, 15) is 4.79 Å². The molecule has 2 aromatic rings. The summed E-state index contributed by atoms with van der Waals surface area (Å²) in [5, 5.41) is 4.15. The molecule has 2 fully saturated rings. The van der Waals surface area contributed by atoms with Crippen molar-refractivity contribution in [3.8, 4) is 11.3 Å². The van der Waals surface area contributed by atoms with Crippen LogP contribution in [0, 0.1) is 19.8 Å². The Labute approximate surface area is 190 Å². The molecule has 0 aromatic carbocycles. The third-order valence-electron chi connectivity index (χ3n) is 7.07. The maximum atomic E-state index is 13.7. The molecule has 8 heteroatoms. The average Bonchev–Trinajstić information content (AvgIpc) is 3.16. The van der Waals surface area contributed by atoms with E-state index in [0.29, 0.717) is 11.7 Å². The number of hydrogen-bond acceptors (Lipinski definition) is 7. The van der Waals surface area contributed by atoms with Crippen molar-refractivity contribution >= 4 is 11.9 Å². The number of carbonyl (C=O) groups excluding carboxylic acids is 1. The molecule has 1 unspecified atom stereocenters. The zero-order chi connectivity index (χ0) is 22.8. The Morgan fingerprint density at radius 3 is 2.53 bits per heavy atom. The molecule has 1 saturated carbocycles. The van der Waals surface area contributed by atoms with Crippen molar-refractivity contribution in [1.82, 2.24) is 20.0 Å². The number of amides is 1. The van der Waals surface area contributed by atoms with Gasteiger partial charge in [0, 0.05) is 45.4 Å². The van der Waals surface area contributed by atoms with Gasteiger partial charge in [-0.2, -0.15) is 0 Å². The zero-order valence-corrected chi connectivity index (χ0v) is 19.9. The second kappa shape index (κ2) is 9.57. The van der Waals surface area contributed by atoms with Crippen LogP contribution in [0.2, 0.25) is 0 Å². The second-order valence-corrected chi connectivity index (χ2v) is 9.34. The molecule has 1 aliphatic carbocycles. The van der Waals surface area contributed by atoms with Crippen molar-refractivity contribution in [3.63, 3.8) is 0 Å². The van der Waals surface area contributed by atoms with Crippen LogP contribution in [0.25, 0.3) is 11.3 Å². The molecular weight excluding hydrogens is 406 g/mol. The number of rotatable bonds is 5. The fraction of sp³-hybridized carbons (Fsp3) is 0.667. The molecule has 8 nitrogen and oxygen atoms in total. The topological polar surface area (TPSA) is 84.6 Å². The Bertz CT molecular complexity index is 949. The van der Waals surface area contributed by atoms with Gasteiger partial charge in [0.05, 0.1) is 29.1 Å². The van der Waals surface area contributed by atoms with E-state index in [1.54, 1.807) is 7.11 Å². The summed E-state index contributed by atoms with van der Waals surface area (Å²) < 4.78 is 11.2. The smallest absolute Gasteiger partial charge is 0.226 e. The monoisotopic (exact) mass is 441 g/mol. The van der Waals surface area contributed by atoms with E-state index >= 15 is 0 Å². The van der Waals surface area contributed by atoms with Crippen molar-refractivity contribution in [3.05, 3.63) is 23.1 Å². The maximum Gasteiger partial charge on any atom is 0.226 e. The number of hydrogen-bond donors (Lipinski definition) is 0. The van der Waals surface area contributed by atoms with Crippen molar-refractivity contribution in [2.75, 3.05) is 32.6 Å². The molecule has 4 rings (SSSR count). The van der Waals surface area contributed by atoms with Crippen LogP contribution in [0.1, 0.15) is 67.9 Å². The first kappa shape index (κ1) is 22.7. The molecule has 2 aliphatic rings. The minimum atomic E-state index is -0.0853. The molecule has 1 atom stereocenters. The van der Waals surface area contributed by atoms with Crippen LogP contribution in [0.5, 0.6) is 0 Å². The summed E-state index contributed by atoms with van der Waals surface area (Å²) in [5.41, 5.74) is 3.54. The summed E-state index contributed by atoms with van der Waals surface area (Å²) in [4.78, 5) is 27.1. The number of likely N-dealkylation sites (tertiary alicyclic amines) is 1. The number of carbonyl (C=O) groups is 1. The third kappa shape index (κ3) is 4.37. The van der Waals surface area contributed by atoms with E-state index < -0.39 is 0 Å². The first-order chi connectivity index (χ1) is 15.4. The standard InChI is InChI=1S/C24H35N5O3/c1-15-16(2)27-32-22(15)19-14-25-24(28(3)4)26-21(19)20-8-6-7-13-29(20)23(30)17-9-11-18(31-5)12-10-17/h14,17-18,20H,6-13H2,1-5H3. The molecule has 3 heterocycles. The Kier molecular flexibility index (Phi) is 6.79. The number of aromatic nitrogens is 3. The lowest BCUT2D eigenvalue weighted by atomic mass is 9.85. The highest BCUT2D eigenvalue weighted by atomic mass is 16.5. The zero-order valence-electron chi connectivity index (χ0n) is 19.9. The van der Waals surface area contributed by atoms with Gasteiger partial charge in [-0.15, -0.1) is 0 Å². The summed E-state index contributed by atoms with van der Waals surface area (Å²) >= 11 is 0. The van der Waals surface area contributed by atoms with E-state index in [4.69, 9.17) is 14.2 Å². The molecule has 0 spiro atoms. The third-order valence-corrected chi connectivity index (χ3v) is 7.07. The number of methoxy groups -OCH3 is 1. The molecule has 1 aliphatic heterocycles.